The van der Waals surface area contributed by atoms with Crippen LogP contribution < -0.4 is 14.8 Å². The molecule has 28 heavy (non-hydrogen) atoms. The van der Waals surface area contributed by atoms with Crippen LogP contribution in [-0.4, -0.2) is 18.3 Å². The highest BCUT2D eigenvalue weighted by Gasteiger charge is 2.32. The Balaban J connectivity index is 1.53. The van der Waals surface area contributed by atoms with Crippen LogP contribution in [0.25, 0.3) is 10.9 Å². The van der Waals surface area contributed by atoms with E-state index in [1.54, 1.807) is 0 Å². The van der Waals surface area contributed by atoms with Gasteiger partial charge in [0.1, 0.15) is 0 Å². The highest BCUT2D eigenvalue weighted by molar-refractivity contribution is 5.86. The molecule has 0 saturated heterocycles. The van der Waals surface area contributed by atoms with Crippen LogP contribution in [0.1, 0.15) is 34.3 Å². The van der Waals surface area contributed by atoms with Crippen molar-refractivity contribution in [3.05, 3.63) is 95.2 Å². The molecule has 3 aromatic carbocycles. The molecule has 0 bridgehead atoms. The lowest BCUT2D eigenvalue weighted by Crippen LogP contribution is -2.34. The molecule has 2 aliphatic rings. The molecule has 6 rings (SSSR count). The maximum atomic E-state index is 5.61. The monoisotopic (exact) mass is 368 g/mol. The third-order valence-electron chi connectivity index (χ3n) is 5.87. The van der Waals surface area contributed by atoms with Gasteiger partial charge in [-0.15, -0.1) is 0 Å². The highest BCUT2D eigenvalue weighted by atomic mass is 16.7. The minimum absolute atomic E-state index is 0.0943. The van der Waals surface area contributed by atoms with Gasteiger partial charge in [0.25, 0.3) is 0 Å². The zero-order chi connectivity index (χ0) is 18.5. The number of benzene rings is 3. The Morgan fingerprint density at radius 2 is 1.61 bits per heavy atom. The van der Waals surface area contributed by atoms with Gasteiger partial charge in [0.05, 0.1) is 6.04 Å². The van der Waals surface area contributed by atoms with Crippen molar-refractivity contribution in [1.29, 1.82) is 0 Å². The van der Waals surface area contributed by atoms with E-state index in [2.05, 4.69) is 77.0 Å². The number of hydrogen-bond acceptors (Lipinski definition) is 3. The van der Waals surface area contributed by atoms with Gasteiger partial charge in [0.2, 0.25) is 6.79 Å². The van der Waals surface area contributed by atoms with E-state index in [9.17, 15) is 0 Å². The first-order valence-corrected chi connectivity index (χ1v) is 9.67. The summed E-state index contributed by atoms with van der Waals surface area (Å²) in [5, 5.41) is 5.07. The molecule has 0 aliphatic carbocycles. The van der Waals surface area contributed by atoms with E-state index in [0.29, 0.717) is 12.7 Å². The van der Waals surface area contributed by atoms with E-state index in [0.717, 1.165) is 18.0 Å². The van der Waals surface area contributed by atoms with E-state index in [-0.39, 0.29) is 6.04 Å². The van der Waals surface area contributed by atoms with Crippen molar-refractivity contribution in [1.82, 2.24) is 10.3 Å². The zero-order valence-electron chi connectivity index (χ0n) is 15.3. The van der Waals surface area contributed by atoms with Crippen molar-refractivity contribution < 1.29 is 9.47 Å². The van der Waals surface area contributed by atoms with Gasteiger partial charge in [-0.2, -0.15) is 0 Å². The Kier molecular flexibility index (Phi) is 3.46. The molecule has 1 aromatic heterocycles. The summed E-state index contributed by atoms with van der Waals surface area (Å²) in [6.07, 6.45) is 0. The summed E-state index contributed by atoms with van der Waals surface area (Å²) in [6.45, 7) is 1.18. The average molecular weight is 368 g/mol. The van der Waals surface area contributed by atoms with Crippen LogP contribution >= 0.6 is 0 Å². The predicted octanol–water partition coefficient (Wildman–Crippen LogP) is 4.72. The van der Waals surface area contributed by atoms with Crippen LogP contribution in [0.4, 0.5) is 0 Å². The lowest BCUT2D eigenvalue weighted by atomic mass is 9.83. The second-order valence-electron chi connectivity index (χ2n) is 7.42. The van der Waals surface area contributed by atoms with Crippen LogP contribution in [0, 0.1) is 0 Å². The molecule has 2 N–H and O–H groups in total. The number of para-hydroxylation sites is 1. The minimum atomic E-state index is 0.0943. The summed E-state index contributed by atoms with van der Waals surface area (Å²) >= 11 is 0. The molecule has 0 saturated carbocycles. The maximum Gasteiger partial charge on any atom is 0.231 e. The average Bonchev–Trinajstić information content (AvgIpc) is 3.38. The summed E-state index contributed by atoms with van der Waals surface area (Å²) < 4.78 is 11.1. The molecule has 0 unspecified atom stereocenters. The summed E-state index contributed by atoms with van der Waals surface area (Å²) in [5.41, 5.74) is 6.33. The lowest BCUT2D eigenvalue weighted by molar-refractivity contribution is 0.174. The van der Waals surface area contributed by atoms with Crippen molar-refractivity contribution in [2.75, 3.05) is 13.3 Å². The summed E-state index contributed by atoms with van der Waals surface area (Å²) in [7, 11) is 0. The van der Waals surface area contributed by atoms with Crippen molar-refractivity contribution >= 4 is 10.9 Å². The zero-order valence-corrected chi connectivity index (χ0v) is 15.3. The van der Waals surface area contributed by atoms with Gasteiger partial charge in [-0.1, -0.05) is 54.6 Å². The van der Waals surface area contributed by atoms with Gasteiger partial charge in [-0.25, -0.2) is 0 Å². The van der Waals surface area contributed by atoms with E-state index in [4.69, 9.17) is 9.47 Å². The second-order valence-corrected chi connectivity index (χ2v) is 7.42. The Bertz CT molecular complexity index is 1170. The standard InChI is InChI=1S/C24H20N2O2/c1-2-6-15(7-3-1)18-13-25-23(16-10-11-20-21(12-16)28-14-27-20)24-22(18)17-8-4-5-9-19(17)26-24/h1-12,18,23,25-26H,13-14H2/t18-,23+/m1/s1. The molecule has 4 nitrogen and oxygen atoms in total. The number of aromatic amines is 1. The fourth-order valence-electron chi connectivity index (χ4n) is 4.57. The number of fused-ring (bicyclic) bond motifs is 4. The maximum absolute atomic E-state index is 5.61. The molecule has 2 atom stereocenters. The first kappa shape index (κ1) is 15.8. The quantitative estimate of drug-likeness (QED) is 0.538. The fraction of sp³-hybridized carbons (Fsp3) is 0.167. The molecular weight excluding hydrogens is 348 g/mol. The predicted molar refractivity (Wildman–Crippen MR) is 109 cm³/mol. The molecule has 0 amide bonds. The number of ether oxygens (including phenoxy) is 2. The second kappa shape index (κ2) is 6.14. The van der Waals surface area contributed by atoms with Crippen molar-refractivity contribution in [3.8, 4) is 11.5 Å². The van der Waals surface area contributed by atoms with Crippen LogP contribution in [-0.2, 0) is 0 Å². The third kappa shape index (κ3) is 2.35. The van der Waals surface area contributed by atoms with Gasteiger partial charge in [0, 0.05) is 29.1 Å². The molecular formula is C24H20N2O2. The van der Waals surface area contributed by atoms with Crippen LogP contribution in [0.2, 0.25) is 0 Å². The van der Waals surface area contributed by atoms with Crippen molar-refractivity contribution in [2.24, 2.45) is 0 Å². The summed E-state index contributed by atoms with van der Waals surface area (Å²) in [5.74, 6) is 1.96. The summed E-state index contributed by atoms with van der Waals surface area (Å²) in [4.78, 5) is 3.70. The molecule has 2 aliphatic heterocycles. The van der Waals surface area contributed by atoms with Gasteiger partial charge >= 0.3 is 0 Å². The highest BCUT2D eigenvalue weighted by Crippen LogP contribution is 2.43. The lowest BCUT2D eigenvalue weighted by Gasteiger charge is -2.31. The van der Waals surface area contributed by atoms with E-state index in [1.807, 2.05) is 6.07 Å². The Labute approximate surface area is 163 Å². The van der Waals surface area contributed by atoms with Gasteiger partial charge in [-0.05, 0) is 34.9 Å². The Hall–Kier alpha value is -3.24. The molecule has 4 heteroatoms. The first-order chi connectivity index (χ1) is 13.9. The SMILES string of the molecule is c1ccc([C@H]2CN[C@@H](c3ccc4c(c3)OCO4)c3[nH]c4ccccc4c32)cc1. The van der Waals surface area contributed by atoms with Crippen LogP contribution in [0.3, 0.4) is 0 Å². The number of nitrogens with one attached hydrogen (secondary N) is 2. The van der Waals surface area contributed by atoms with E-state index < -0.39 is 0 Å². The Morgan fingerprint density at radius 1 is 0.786 bits per heavy atom. The van der Waals surface area contributed by atoms with Gasteiger partial charge in [-0.3, -0.25) is 0 Å². The summed E-state index contributed by atoms with van der Waals surface area (Å²) in [6, 6.07) is 25.7. The van der Waals surface area contributed by atoms with Crippen molar-refractivity contribution in [2.45, 2.75) is 12.0 Å². The van der Waals surface area contributed by atoms with Gasteiger partial charge < -0.3 is 19.8 Å². The molecule has 3 heterocycles. The van der Waals surface area contributed by atoms with E-state index in [1.165, 1.54) is 33.3 Å². The van der Waals surface area contributed by atoms with Crippen LogP contribution in [0.15, 0.2) is 72.8 Å². The molecule has 138 valence electrons. The normalized spacial score (nSPS) is 20.3. The molecule has 4 aromatic rings. The largest absolute Gasteiger partial charge is 0.454 e. The fourth-order valence-corrected chi connectivity index (χ4v) is 4.57. The number of aromatic nitrogens is 1. The number of hydrogen-bond donors (Lipinski definition) is 2. The van der Waals surface area contributed by atoms with E-state index >= 15 is 0 Å². The van der Waals surface area contributed by atoms with Crippen molar-refractivity contribution in [3.63, 3.8) is 0 Å². The number of H-pyrrole nitrogens is 1. The topological polar surface area (TPSA) is 46.3 Å². The van der Waals surface area contributed by atoms with Gasteiger partial charge in [0.15, 0.2) is 11.5 Å². The smallest absolute Gasteiger partial charge is 0.231 e. The minimum Gasteiger partial charge on any atom is -0.454 e. The molecule has 0 spiro atoms. The molecule has 0 radical (unpaired) electrons. The molecule has 0 fully saturated rings. The number of rotatable bonds is 2. The van der Waals surface area contributed by atoms with Crippen LogP contribution in [0.5, 0.6) is 11.5 Å². The first-order valence-electron chi connectivity index (χ1n) is 9.67. The third-order valence-corrected chi connectivity index (χ3v) is 5.87. The Morgan fingerprint density at radius 3 is 2.54 bits per heavy atom.